The van der Waals surface area contributed by atoms with E-state index in [9.17, 15) is 4.79 Å². The molecule has 0 aliphatic carbocycles. The first kappa shape index (κ1) is 15.9. The second kappa shape index (κ2) is 7.52. The van der Waals surface area contributed by atoms with E-state index in [-0.39, 0.29) is 0 Å². The highest BCUT2D eigenvalue weighted by Gasteiger charge is 2.25. The van der Waals surface area contributed by atoms with Gasteiger partial charge in [0.25, 0.3) is 0 Å². The van der Waals surface area contributed by atoms with Crippen LogP contribution in [0, 0.1) is 0 Å². The molecule has 0 amide bonds. The van der Waals surface area contributed by atoms with Crippen molar-refractivity contribution in [3.05, 3.63) is 28.2 Å². The van der Waals surface area contributed by atoms with Crippen LogP contribution in [0.15, 0.2) is 23.1 Å². The molecule has 1 aromatic rings. The van der Waals surface area contributed by atoms with Crippen molar-refractivity contribution >= 4 is 40.9 Å². The number of ether oxygens (including phenoxy) is 1. The third-order valence-corrected chi connectivity index (χ3v) is 4.70. The SMILES string of the molecule is O=C(O)C1CN(CCSc2cc(Cl)ccc2Cl)CCO1. The number of halogens is 2. The number of hydrogen-bond donors (Lipinski definition) is 1. The van der Waals surface area contributed by atoms with Crippen molar-refractivity contribution in [2.24, 2.45) is 0 Å². The fourth-order valence-electron chi connectivity index (χ4n) is 1.93. The lowest BCUT2D eigenvalue weighted by molar-refractivity contribution is -0.155. The number of aliphatic carboxylic acids is 1. The third kappa shape index (κ3) is 4.53. The summed E-state index contributed by atoms with van der Waals surface area (Å²) in [4.78, 5) is 13.9. The first-order valence-electron chi connectivity index (χ1n) is 6.21. The molecule has 0 radical (unpaired) electrons. The van der Waals surface area contributed by atoms with E-state index in [2.05, 4.69) is 4.90 Å². The molecule has 1 unspecified atom stereocenters. The molecule has 1 atom stereocenters. The highest BCUT2D eigenvalue weighted by atomic mass is 35.5. The number of carbonyl (C=O) groups is 1. The van der Waals surface area contributed by atoms with Crippen LogP contribution < -0.4 is 0 Å². The van der Waals surface area contributed by atoms with Crippen LogP contribution in [0.5, 0.6) is 0 Å². The Morgan fingerprint density at radius 2 is 2.30 bits per heavy atom. The zero-order valence-electron chi connectivity index (χ0n) is 10.7. The number of rotatable bonds is 5. The third-order valence-electron chi connectivity index (χ3n) is 2.98. The van der Waals surface area contributed by atoms with Gasteiger partial charge in [0.05, 0.1) is 11.6 Å². The number of carboxylic acid groups (broad SMARTS) is 1. The zero-order valence-corrected chi connectivity index (χ0v) is 13.0. The highest BCUT2D eigenvalue weighted by Crippen LogP contribution is 2.29. The van der Waals surface area contributed by atoms with Crippen LogP contribution >= 0.6 is 35.0 Å². The Bertz CT molecular complexity index is 487. The summed E-state index contributed by atoms with van der Waals surface area (Å²) >= 11 is 13.6. The topological polar surface area (TPSA) is 49.8 Å². The van der Waals surface area contributed by atoms with Gasteiger partial charge in [-0.1, -0.05) is 23.2 Å². The lowest BCUT2D eigenvalue weighted by Gasteiger charge is -2.30. The van der Waals surface area contributed by atoms with E-state index in [0.717, 1.165) is 23.7 Å². The van der Waals surface area contributed by atoms with Crippen LogP contribution in [0.3, 0.4) is 0 Å². The minimum atomic E-state index is -0.903. The molecule has 1 aromatic carbocycles. The van der Waals surface area contributed by atoms with Gasteiger partial charge in [0, 0.05) is 35.3 Å². The predicted octanol–water partition coefficient (Wildman–Crippen LogP) is 2.87. The smallest absolute Gasteiger partial charge is 0.334 e. The van der Waals surface area contributed by atoms with E-state index in [1.807, 2.05) is 6.07 Å². The van der Waals surface area contributed by atoms with Crippen molar-refractivity contribution in [2.45, 2.75) is 11.0 Å². The number of morpholine rings is 1. The van der Waals surface area contributed by atoms with E-state index in [1.165, 1.54) is 0 Å². The van der Waals surface area contributed by atoms with Crippen LogP contribution in [0.4, 0.5) is 0 Å². The van der Waals surface area contributed by atoms with Gasteiger partial charge in [0.1, 0.15) is 0 Å². The van der Waals surface area contributed by atoms with Gasteiger partial charge in [-0.3, -0.25) is 4.90 Å². The molecule has 1 N–H and O–H groups in total. The molecule has 1 aliphatic rings. The Kier molecular flexibility index (Phi) is 5.99. The number of thioether (sulfide) groups is 1. The first-order valence-corrected chi connectivity index (χ1v) is 7.95. The Labute approximate surface area is 132 Å². The molecule has 4 nitrogen and oxygen atoms in total. The van der Waals surface area contributed by atoms with E-state index < -0.39 is 12.1 Å². The Morgan fingerprint density at radius 1 is 1.50 bits per heavy atom. The molecule has 0 saturated carbocycles. The minimum absolute atomic E-state index is 0.430. The Morgan fingerprint density at radius 3 is 3.05 bits per heavy atom. The number of nitrogens with zero attached hydrogens (tertiary/aromatic N) is 1. The molecule has 110 valence electrons. The lowest BCUT2D eigenvalue weighted by Crippen LogP contribution is -2.46. The maximum atomic E-state index is 10.9. The van der Waals surface area contributed by atoms with Gasteiger partial charge in [-0.15, -0.1) is 11.8 Å². The van der Waals surface area contributed by atoms with E-state index in [0.29, 0.717) is 23.2 Å². The van der Waals surface area contributed by atoms with Crippen LogP contribution in [0.1, 0.15) is 0 Å². The van der Waals surface area contributed by atoms with Gasteiger partial charge in [0.15, 0.2) is 6.10 Å². The van der Waals surface area contributed by atoms with Crippen LogP contribution in [0.2, 0.25) is 10.0 Å². The maximum Gasteiger partial charge on any atom is 0.334 e. The summed E-state index contributed by atoms with van der Waals surface area (Å²) in [6, 6.07) is 5.38. The average Bonchev–Trinajstić information content (AvgIpc) is 2.43. The summed E-state index contributed by atoms with van der Waals surface area (Å²) in [5, 5.41) is 10.3. The fourth-order valence-corrected chi connectivity index (χ4v) is 3.43. The number of benzene rings is 1. The lowest BCUT2D eigenvalue weighted by atomic mass is 10.3. The first-order chi connectivity index (χ1) is 9.56. The quantitative estimate of drug-likeness (QED) is 0.838. The van der Waals surface area contributed by atoms with Crippen molar-refractivity contribution in [3.63, 3.8) is 0 Å². The van der Waals surface area contributed by atoms with Crippen LogP contribution in [-0.4, -0.2) is 54.1 Å². The van der Waals surface area contributed by atoms with Gasteiger partial charge in [-0.05, 0) is 18.2 Å². The van der Waals surface area contributed by atoms with Crippen molar-refractivity contribution in [1.82, 2.24) is 4.90 Å². The van der Waals surface area contributed by atoms with Gasteiger partial charge in [-0.2, -0.15) is 0 Å². The zero-order chi connectivity index (χ0) is 14.5. The molecule has 0 bridgehead atoms. The molecular formula is C13H15Cl2NO3S. The van der Waals surface area contributed by atoms with Crippen molar-refractivity contribution < 1.29 is 14.6 Å². The molecule has 0 aromatic heterocycles. The van der Waals surface area contributed by atoms with E-state index in [1.54, 1.807) is 23.9 Å². The largest absolute Gasteiger partial charge is 0.479 e. The van der Waals surface area contributed by atoms with Gasteiger partial charge in [-0.25, -0.2) is 4.79 Å². The minimum Gasteiger partial charge on any atom is -0.479 e. The van der Waals surface area contributed by atoms with Crippen LogP contribution in [-0.2, 0) is 9.53 Å². The van der Waals surface area contributed by atoms with Crippen molar-refractivity contribution in [3.8, 4) is 0 Å². The normalized spacial score (nSPS) is 20.0. The second-order valence-electron chi connectivity index (χ2n) is 4.42. The van der Waals surface area contributed by atoms with Crippen molar-refractivity contribution in [2.75, 3.05) is 32.0 Å². The molecule has 0 spiro atoms. The molecule has 1 fully saturated rings. The van der Waals surface area contributed by atoms with E-state index >= 15 is 0 Å². The summed E-state index contributed by atoms with van der Waals surface area (Å²) in [5.74, 6) is -0.0768. The molecule has 1 heterocycles. The molecule has 1 aliphatic heterocycles. The standard InChI is InChI=1S/C13H15Cl2NO3S/c14-9-1-2-10(15)12(7-9)20-6-4-16-3-5-19-11(8-16)13(17)18/h1-2,7,11H,3-6,8H2,(H,17,18). The number of carboxylic acids is 1. The van der Waals surface area contributed by atoms with Gasteiger partial charge >= 0.3 is 5.97 Å². The maximum absolute atomic E-state index is 10.9. The monoisotopic (exact) mass is 335 g/mol. The summed E-state index contributed by atoms with van der Waals surface area (Å²) in [7, 11) is 0. The molecular weight excluding hydrogens is 321 g/mol. The summed E-state index contributed by atoms with van der Waals surface area (Å²) < 4.78 is 5.18. The molecule has 20 heavy (non-hydrogen) atoms. The highest BCUT2D eigenvalue weighted by molar-refractivity contribution is 7.99. The van der Waals surface area contributed by atoms with Gasteiger partial charge < -0.3 is 9.84 Å². The average molecular weight is 336 g/mol. The van der Waals surface area contributed by atoms with E-state index in [4.69, 9.17) is 33.0 Å². The predicted molar refractivity (Wildman–Crippen MR) is 81.0 cm³/mol. The Balaban J connectivity index is 1.80. The summed E-state index contributed by atoms with van der Waals surface area (Å²) in [6.45, 7) is 2.44. The molecule has 1 saturated heterocycles. The Hall–Kier alpha value is -0.460. The second-order valence-corrected chi connectivity index (χ2v) is 6.40. The van der Waals surface area contributed by atoms with Gasteiger partial charge in [0.2, 0.25) is 0 Å². The number of hydrogen-bond acceptors (Lipinski definition) is 4. The summed E-state index contributed by atoms with van der Waals surface area (Å²) in [5.41, 5.74) is 0. The summed E-state index contributed by atoms with van der Waals surface area (Å²) in [6.07, 6.45) is -0.719. The molecule has 2 rings (SSSR count). The molecule has 7 heteroatoms. The van der Waals surface area contributed by atoms with Crippen LogP contribution in [0.25, 0.3) is 0 Å². The van der Waals surface area contributed by atoms with Crippen molar-refractivity contribution in [1.29, 1.82) is 0 Å². The fraction of sp³-hybridized carbons (Fsp3) is 0.462.